The second-order valence-electron chi connectivity index (χ2n) is 4.89. The van der Waals surface area contributed by atoms with E-state index in [-0.39, 0.29) is 5.41 Å². The number of hydrogen-bond acceptors (Lipinski definition) is 3. The normalized spacial score (nSPS) is 21.6. The van der Waals surface area contributed by atoms with E-state index < -0.39 is 0 Å². The molecule has 0 radical (unpaired) electrons. The van der Waals surface area contributed by atoms with Gasteiger partial charge in [0.2, 0.25) is 0 Å². The van der Waals surface area contributed by atoms with Gasteiger partial charge in [-0.05, 0) is 30.9 Å². The molecule has 2 nitrogen and oxygen atoms in total. The van der Waals surface area contributed by atoms with E-state index in [4.69, 9.17) is 0 Å². The third kappa shape index (κ3) is 1.74. The molecule has 1 atom stereocenters. The Labute approximate surface area is 111 Å². The molecular formula is C15H14N2S. The monoisotopic (exact) mass is 254 g/mol. The van der Waals surface area contributed by atoms with Crippen LogP contribution in [-0.4, -0.2) is 4.98 Å². The van der Waals surface area contributed by atoms with E-state index in [9.17, 15) is 5.26 Å². The first-order valence-electron chi connectivity index (χ1n) is 6.14. The van der Waals surface area contributed by atoms with Crippen molar-refractivity contribution in [3.05, 3.63) is 51.5 Å². The van der Waals surface area contributed by atoms with E-state index in [0.29, 0.717) is 0 Å². The molecule has 1 aromatic heterocycles. The number of aromatic nitrogens is 1. The Morgan fingerprint density at radius 2 is 2.28 bits per heavy atom. The Hall–Kier alpha value is -1.66. The van der Waals surface area contributed by atoms with Crippen LogP contribution in [0.25, 0.3) is 0 Å². The third-order valence-corrected chi connectivity index (χ3v) is 4.54. The summed E-state index contributed by atoms with van der Waals surface area (Å²) in [5.41, 5.74) is 3.22. The highest BCUT2D eigenvalue weighted by Crippen LogP contribution is 2.41. The van der Waals surface area contributed by atoms with E-state index in [1.807, 2.05) is 13.0 Å². The number of nitriles is 1. The minimum atomic E-state index is -0.364. The van der Waals surface area contributed by atoms with Gasteiger partial charge in [0.25, 0.3) is 0 Å². The largest absolute Gasteiger partial charge is 0.247 e. The topological polar surface area (TPSA) is 36.7 Å². The third-order valence-electron chi connectivity index (χ3n) is 3.72. The zero-order valence-corrected chi connectivity index (χ0v) is 11.1. The second-order valence-corrected chi connectivity index (χ2v) is 5.95. The fourth-order valence-corrected chi connectivity index (χ4v) is 3.44. The summed E-state index contributed by atoms with van der Waals surface area (Å²) in [6, 6.07) is 10.9. The molecule has 0 bridgehead atoms. The molecule has 0 amide bonds. The van der Waals surface area contributed by atoms with Crippen LogP contribution in [0.15, 0.2) is 29.6 Å². The summed E-state index contributed by atoms with van der Waals surface area (Å²) in [4.78, 5) is 4.51. The number of benzene rings is 1. The molecule has 18 heavy (non-hydrogen) atoms. The second kappa shape index (κ2) is 4.22. The summed E-state index contributed by atoms with van der Waals surface area (Å²) < 4.78 is 0. The van der Waals surface area contributed by atoms with E-state index in [1.165, 1.54) is 11.1 Å². The molecule has 3 rings (SSSR count). The Kier molecular flexibility index (Phi) is 2.68. The minimum Gasteiger partial charge on any atom is -0.247 e. The zero-order valence-electron chi connectivity index (χ0n) is 10.3. The summed E-state index contributed by atoms with van der Waals surface area (Å²) in [6.45, 7) is 2.01. The molecule has 1 aromatic carbocycles. The first-order valence-corrected chi connectivity index (χ1v) is 7.02. The molecule has 3 heteroatoms. The van der Waals surface area contributed by atoms with Crippen molar-refractivity contribution in [2.75, 3.05) is 0 Å². The molecule has 0 aliphatic heterocycles. The average molecular weight is 254 g/mol. The van der Waals surface area contributed by atoms with Gasteiger partial charge in [-0.15, -0.1) is 11.3 Å². The number of aryl methyl sites for hydroxylation is 2. The molecule has 0 N–H and O–H groups in total. The average Bonchev–Trinajstić information content (AvgIpc) is 2.96. The first kappa shape index (κ1) is 11.4. The Bertz CT molecular complexity index is 623. The van der Waals surface area contributed by atoms with Crippen molar-refractivity contribution in [3.63, 3.8) is 0 Å². The van der Waals surface area contributed by atoms with Gasteiger partial charge in [-0.2, -0.15) is 5.26 Å². The van der Waals surface area contributed by atoms with E-state index in [2.05, 4.69) is 34.6 Å². The molecule has 1 heterocycles. The van der Waals surface area contributed by atoms with Crippen molar-refractivity contribution >= 4 is 11.3 Å². The van der Waals surface area contributed by atoms with Crippen LogP contribution < -0.4 is 0 Å². The Morgan fingerprint density at radius 3 is 3.00 bits per heavy atom. The van der Waals surface area contributed by atoms with Gasteiger partial charge in [0.15, 0.2) is 0 Å². The number of nitrogens with zero attached hydrogens (tertiary/aromatic N) is 2. The van der Waals surface area contributed by atoms with Crippen molar-refractivity contribution in [1.29, 1.82) is 5.26 Å². The summed E-state index contributed by atoms with van der Waals surface area (Å²) in [7, 11) is 0. The molecule has 0 spiro atoms. The summed E-state index contributed by atoms with van der Waals surface area (Å²) in [5, 5.41) is 12.8. The molecule has 1 aliphatic carbocycles. The quantitative estimate of drug-likeness (QED) is 0.823. The van der Waals surface area contributed by atoms with Gasteiger partial charge in [0, 0.05) is 11.8 Å². The summed E-state index contributed by atoms with van der Waals surface area (Å²) >= 11 is 1.66. The van der Waals surface area contributed by atoms with Gasteiger partial charge in [-0.25, -0.2) is 4.98 Å². The van der Waals surface area contributed by atoms with Crippen LogP contribution in [0.2, 0.25) is 0 Å². The van der Waals surface area contributed by atoms with Crippen LogP contribution >= 0.6 is 11.3 Å². The zero-order chi connectivity index (χ0) is 12.6. The van der Waals surface area contributed by atoms with Gasteiger partial charge in [-0.3, -0.25) is 0 Å². The number of rotatable bonds is 2. The van der Waals surface area contributed by atoms with Gasteiger partial charge in [-0.1, -0.05) is 24.3 Å². The van der Waals surface area contributed by atoms with E-state index in [0.717, 1.165) is 30.0 Å². The van der Waals surface area contributed by atoms with Crippen LogP contribution in [0.1, 0.15) is 28.2 Å². The Morgan fingerprint density at radius 1 is 1.44 bits per heavy atom. The molecule has 1 aliphatic rings. The smallest absolute Gasteiger partial charge is 0.0897 e. The van der Waals surface area contributed by atoms with Crippen LogP contribution in [0.4, 0.5) is 0 Å². The van der Waals surface area contributed by atoms with Gasteiger partial charge in [0.1, 0.15) is 0 Å². The lowest BCUT2D eigenvalue weighted by Crippen LogP contribution is -2.24. The lowest BCUT2D eigenvalue weighted by atomic mass is 9.79. The molecule has 1 unspecified atom stereocenters. The molecule has 90 valence electrons. The Balaban J connectivity index is 2.00. The van der Waals surface area contributed by atoms with Gasteiger partial charge < -0.3 is 0 Å². The van der Waals surface area contributed by atoms with E-state index >= 15 is 0 Å². The van der Waals surface area contributed by atoms with E-state index in [1.54, 1.807) is 11.3 Å². The molecule has 2 aromatic rings. The minimum absolute atomic E-state index is 0.364. The lowest BCUT2D eigenvalue weighted by molar-refractivity contribution is 0.535. The maximum atomic E-state index is 9.66. The molecule has 0 saturated carbocycles. The fraction of sp³-hybridized carbons (Fsp3) is 0.333. The van der Waals surface area contributed by atoms with Gasteiger partial charge in [0.05, 0.1) is 22.2 Å². The fourth-order valence-electron chi connectivity index (χ4n) is 2.83. The van der Waals surface area contributed by atoms with Crippen LogP contribution in [-0.2, 0) is 18.3 Å². The highest BCUT2D eigenvalue weighted by atomic mass is 32.1. The lowest BCUT2D eigenvalue weighted by Gasteiger charge is -2.21. The standard InChI is InChI=1S/C15H14N2S/c1-11-17-13(9-18-11)8-15(10-16)7-6-12-4-2-3-5-14(12)15/h2-5,9H,6-8H2,1H3. The van der Waals surface area contributed by atoms with Crippen molar-refractivity contribution in [2.45, 2.75) is 31.6 Å². The van der Waals surface area contributed by atoms with Crippen molar-refractivity contribution in [2.24, 2.45) is 0 Å². The van der Waals surface area contributed by atoms with Crippen LogP contribution in [0.5, 0.6) is 0 Å². The summed E-state index contributed by atoms with van der Waals surface area (Å²) in [5.74, 6) is 0. The van der Waals surface area contributed by atoms with Crippen LogP contribution in [0, 0.1) is 18.3 Å². The molecular weight excluding hydrogens is 240 g/mol. The maximum Gasteiger partial charge on any atom is 0.0897 e. The number of thiazole rings is 1. The van der Waals surface area contributed by atoms with Crippen LogP contribution in [0.3, 0.4) is 0 Å². The molecule has 0 saturated heterocycles. The van der Waals surface area contributed by atoms with Gasteiger partial charge >= 0.3 is 0 Å². The SMILES string of the molecule is Cc1nc(CC2(C#N)CCc3ccccc32)cs1. The number of hydrogen-bond donors (Lipinski definition) is 0. The first-order chi connectivity index (χ1) is 8.73. The highest BCUT2D eigenvalue weighted by Gasteiger charge is 2.39. The predicted octanol–water partition coefficient (Wildman–Crippen LogP) is 3.40. The molecule has 0 fully saturated rings. The maximum absolute atomic E-state index is 9.66. The highest BCUT2D eigenvalue weighted by molar-refractivity contribution is 7.09. The van der Waals surface area contributed by atoms with Crippen molar-refractivity contribution in [1.82, 2.24) is 4.98 Å². The van der Waals surface area contributed by atoms with Crippen molar-refractivity contribution < 1.29 is 0 Å². The summed E-state index contributed by atoms with van der Waals surface area (Å²) in [6.07, 6.45) is 2.66. The van der Waals surface area contributed by atoms with Crippen molar-refractivity contribution in [3.8, 4) is 6.07 Å². The number of fused-ring (bicyclic) bond motifs is 1. The predicted molar refractivity (Wildman–Crippen MR) is 72.6 cm³/mol.